The highest BCUT2D eigenvalue weighted by Gasteiger charge is 2.27. The minimum absolute atomic E-state index is 0.319. The summed E-state index contributed by atoms with van der Waals surface area (Å²) in [6.45, 7) is 1.34. The number of rotatable bonds is 7. The molecule has 2 unspecified atom stereocenters. The molecule has 0 aromatic heterocycles. The van der Waals surface area contributed by atoms with Crippen LogP contribution in [0.3, 0.4) is 0 Å². The molecule has 2 amide bonds. The molecule has 0 aliphatic rings. The Morgan fingerprint density at radius 3 is 2.12 bits per heavy atom. The SMILES string of the molecule is COC(Cc1ccc(-c2ccccc2)cc1)C(NC(C)=O)C(N)=O. The van der Waals surface area contributed by atoms with Gasteiger partial charge in [-0.2, -0.15) is 0 Å². The predicted octanol–water partition coefficient (Wildman–Crippen LogP) is 1.90. The third-order valence-electron chi connectivity index (χ3n) is 3.84. The summed E-state index contributed by atoms with van der Waals surface area (Å²) >= 11 is 0. The molecule has 0 aliphatic carbocycles. The second kappa shape index (κ2) is 8.26. The molecule has 5 heteroatoms. The molecular weight excluding hydrogens is 304 g/mol. The number of primary amides is 1. The van der Waals surface area contributed by atoms with Crippen LogP contribution in [0.5, 0.6) is 0 Å². The van der Waals surface area contributed by atoms with Crippen molar-refractivity contribution in [3.8, 4) is 11.1 Å². The first-order valence-electron chi connectivity index (χ1n) is 7.75. The van der Waals surface area contributed by atoms with Crippen LogP contribution in [0.1, 0.15) is 12.5 Å². The molecule has 0 aliphatic heterocycles. The van der Waals surface area contributed by atoms with Crippen LogP contribution in [0.4, 0.5) is 0 Å². The van der Waals surface area contributed by atoms with Crippen molar-refractivity contribution in [3.63, 3.8) is 0 Å². The number of hydrogen-bond donors (Lipinski definition) is 2. The van der Waals surface area contributed by atoms with Crippen molar-refractivity contribution in [1.82, 2.24) is 5.32 Å². The van der Waals surface area contributed by atoms with E-state index in [0.717, 1.165) is 16.7 Å². The van der Waals surface area contributed by atoms with Gasteiger partial charge in [0.1, 0.15) is 6.04 Å². The molecule has 0 fully saturated rings. The van der Waals surface area contributed by atoms with Crippen LogP contribution in [0.25, 0.3) is 11.1 Å². The van der Waals surface area contributed by atoms with E-state index in [-0.39, 0.29) is 5.91 Å². The molecule has 0 radical (unpaired) electrons. The first-order chi connectivity index (χ1) is 11.5. The Hall–Kier alpha value is -2.66. The summed E-state index contributed by atoms with van der Waals surface area (Å²) in [6, 6.07) is 17.2. The molecule has 2 aromatic carbocycles. The van der Waals surface area contributed by atoms with Gasteiger partial charge in [-0.05, 0) is 16.7 Å². The summed E-state index contributed by atoms with van der Waals surface area (Å²) in [5.41, 5.74) is 8.63. The molecule has 126 valence electrons. The summed E-state index contributed by atoms with van der Waals surface area (Å²) in [7, 11) is 1.50. The Kier molecular flexibility index (Phi) is 6.09. The van der Waals surface area contributed by atoms with Gasteiger partial charge in [-0.1, -0.05) is 54.6 Å². The molecule has 0 spiro atoms. The van der Waals surface area contributed by atoms with E-state index in [9.17, 15) is 9.59 Å². The van der Waals surface area contributed by atoms with Crippen LogP contribution in [0, 0.1) is 0 Å². The Morgan fingerprint density at radius 2 is 1.62 bits per heavy atom. The summed E-state index contributed by atoms with van der Waals surface area (Å²) in [5.74, 6) is -0.932. The zero-order chi connectivity index (χ0) is 17.5. The fourth-order valence-electron chi connectivity index (χ4n) is 2.60. The molecule has 3 N–H and O–H groups in total. The van der Waals surface area contributed by atoms with E-state index in [2.05, 4.69) is 5.32 Å². The molecular formula is C19H22N2O3. The van der Waals surface area contributed by atoms with Gasteiger partial charge >= 0.3 is 0 Å². The van der Waals surface area contributed by atoms with Gasteiger partial charge < -0.3 is 15.8 Å². The highest BCUT2D eigenvalue weighted by Crippen LogP contribution is 2.20. The number of hydrogen-bond acceptors (Lipinski definition) is 3. The van der Waals surface area contributed by atoms with Crippen LogP contribution in [-0.2, 0) is 20.7 Å². The maximum atomic E-state index is 11.6. The number of nitrogens with one attached hydrogen (secondary N) is 1. The van der Waals surface area contributed by atoms with Crippen molar-refractivity contribution in [2.75, 3.05) is 7.11 Å². The predicted molar refractivity (Wildman–Crippen MR) is 93.2 cm³/mol. The largest absolute Gasteiger partial charge is 0.378 e. The number of methoxy groups -OCH3 is 1. The molecule has 0 saturated heterocycles. The number of nitrogens with two attached hydrogens (primary N) is 1. The highest BCUT2D eigenvalue weighted by molar-refractivity contribution is 5.86. The average molecular weight is 326 g/mol. The smallest absolute Gasteiger partial charge is 0.242 e. The van der Waals surface area contributed by atoms with E-state index in [1.54, 1.807) is 0 Å². The number of carbonyl (C=O) groups is 2. The van der Waals surface area contributed by atoms with Crippen molar-refractivity contribution in [2.24, 2.45) is 5.73 Å². The molecule has 0 heterocycles. The van der Waals surface area contributed by atoms with Crippen LogP contribution < -0.4 is 11.1 Å². The van der Waals surface area contributed by atoms with E-state index in [1.807, 2.05) is 54.6 Å². The summed E-state index contributed by atoms with van der Waals surface area (Å²) in [5, 5.41) is 2.55. The summed E-state index contributed by atoms with van der Waals surface area (Å²) in [4.78, 5) is 22.9. The number of benzene rings is 2. The summed E-state index contributed by atoms with van der Waals surface area (Å²) < 4.78 is 5.38. The Bertz CT molecular complexity index is 684. The van der Waals surface area contributed by atoms with Crippen molar-refractivity contribution >= 4 is 11.8 Å². The summed E-state index contributed by atoms with van der Waals surface area (Å²) in [6.07, 6.45) is -0.0478. The van der Waals surface area contributed by atoms with Gasteiger partial charge in [-0.3, -0.25) is 9.59 Å². The van der Waals surface area contributed by atoms with Crippen molar-refractivity contribution in [1.29, 1.82) is 0 Å². The lowest BCUT2D eigenvalue weighted by atomic mass is 9.98. The van der Waals surface area contributed by atoms with Crippen LogP contribution in [0.2, 0.25) is 0 Å². The van der Waals surface area contributed by atoms with Gasteiger partial charge in [-0.25, -0.2) is 0 Å². The van der Waals surface area contributed by atoms with Crippen LogP contribution in [-0.4, -0.2) is 31.1 Å². The van der Waals surface area contributed by atoms with Gasteiger partial charge in [-0.15, -0.1) is 0 Å². The zero-order valence-electron chi connectivity index (χ0n) is 13.9. The lowest BCUT2D eigenvalue weighted by Gasteiger charge is -2.24. The lowest BCUT2D eigenvalue weighted by Crippen LogP contribution is -2.52. The van der Waals surface area contributed by atoms with Crippen molar-refractivity contribution < 1.29 is 14.3 Å². The monoisotopic (exact) mass is 326 g/mol. The van der Waals surface area contributed by atoms with Crippen molar-refractivity contribution in [2.45, 2.75) is 25.5 Å². The molecule has 5 nitrogen and oxygen atoms in total. The van der Waals surface area contributed by atoms with E-state index in [0.29, 0.717) is 6.42 Å². The normalized spacial score (nSPS) is 13.1. The third kappa shape index (κ3) is 4.67. The first-order valence-corrected chi connectivity index (χ1v) is 7.75. The van der Waals surface area contributed by atoms with E-state index >= 15 is 0 Å². The Labute approximate surface area is 141 Å². The van der Waals surface area contributed by atoms with E-state index in [4.69, 9.17) is 10.5 Å². The van der Waals surface area contributed by atoms with Crippen LogP contribution >= 0.6 is 0 Å². The first kappa shape index (κ1) is 17.7. The number of ether oxygens (including phenoxy) is 1. The topological polar surface area (TPSA) is 81.4 Å². The Balaban J connectivity index is 2.13. The minimum Gasteiger partial charge on any atom is -0.378 e. The number of amides is 2. The lowest BCUT2D eigenvalue weighted by molar-refractivity contribution is -0.129. The van der Waals surface area contributed by atoms with Gasteiger partial charge in [0.2, 0.25) is 11.8 Å². The average Bonchev–Trinajstić information content (AvgIpc) is 2.59. The van der Waals surface area contributed by atoms with Gasteiger partial charge in [0.15, 0.2) is 0 Å². The van der Waals surface area contributed by atoms with Gasteiger partial charge in [0.05, 0.1) is 6.10 Å². The quantitative estimate of drug-likeness (QED) is 0.815. The molecule has 0 bridgehead atoms. The minimum atomic E-state index is -0.860. The zero-order valence-corrected chi connectivity index (χ0v) is 13.9. The third-order valence-corrected chi connectivity index (χ3v) is 3.84. The number of carbonyl (C=O) groups excluding carboxylic acids is 2. The van der Waals surface area contributed by atoms with Crippen LogP contribution in [0.15, 0.2) is 54.6 Å². The molecule has 24 heavy (non-hydrogen) atoms. The van der Waals surface area contributed by atoms with Crippen molar-refractivity contribution in [3.05, 3.63) is 60.2 Å². The highest BCUT2D eigenvalue weighted by atomic mass is 16.5. The molecule has 2 rings (SSSR count). The second-order valence-electron chi connectivity index (χ2n) is 5.62. The fourth-order valence-corrected chi connectivity index (χ4v) is 2.60. The second-order valence-corrected chi connectivity index (χ2v) is 5.62. The fraction of sp³-hybridized carbons (Fsp3) is 0.263. The van der Waals surface area contributed by atoms with E-state index < -0.39 is 18.1 Å². The maximum absolute atomic E-state index is 11.6. The van der Waals surface area contributed by atoms with Gasteiger partial charge in [0, 0.05) is 20.5 Å². The maximum Gasteiger partial charge on any atom is 0.242 e. The van der Waals surface area contributed by atoms with E-state index in [1.165, 1.54) is 14.0 Å². The Morgan fingerprint density at radius 1 is 1.04 bits per heavy atom. The molecule has 0 saturated carbocycles. The van der Waals surface area contributed by atoms with Gasteiger partial charge in [0.25, 0.3) is 0 Å². The standard InChI is InChI=1S/C19H22N2O3/c1-13(22)21-18(19(20)23)17(24-2)12-14-8-10-16(11-9-14)15-6-4-3-5-7-15/h3-11,17-18H,12H2,1-2H3,(H2,20,23)(H,21,22). The molecule has 2 aromatic rings. The molecule has 2 atom stereocenters.